The highest BCUT2D eigenvalue weighted by atomic mass is 16.3. The lowest BCUT2D eigenvalue weighted by Crippen LogP contribution is -2.27. The Balaban J connectivity index is 2.22. The van der Waals surface area contributed by atoms with E-state index in [0.29, 0.717) is 0 Å². The molecule has 0 amide bonds. The van der Waals surface area contributed by atoms with E-state index < -0.39 is 0 Å². The van der Waals surface area contributed by atoms with E-state index in [1.54, 1.807) is 0 Å². The van der Waals surface area contributed by atoms with Crippen LogP contribution in [0.5, 0.6) is 11.5 Å². The molecule has 0 saturated carbocycles. The molecule has 0 aromatic heterocycles. The standard InChI is InChI=1S/C16H25NO2/c1-2-3-4-7-12-10-13(18)11-15(19)16(12)14-8-5-6-9-17-14/h10-11,14,17-19H,2-9H2,1H3. The number of aromatic hydroxyl groups is 2. The van der Waals surface area contributed by atoms with Gasteiger partial charge in [0.25, 0.3) is 0 Å². The summed E-state index contributed by atoms with van der Waals surface area (Å²) < 4.78 is 0. The molecule has 0 spiro atoms. The Bertz CT molecular complexity index is 411. The van der Waals surface area contributed by atoms with Crippen molar-refractivity contribution in [2.24, 2.45) is 0 Å². The number of phenolic OH excluding ortho intramolecular Hbond substituents is 2. The lowest BCUT2D eigenvalue weighted by molar-refractivity contribution is 0.384. The molecular weight excluding hydrogens is 238 g/mol. The molecule has 1 atom stereocenters. The van der Waals surface area contributed by atoms with Gasteiger partial charge in [0, 0.05) is 17.7 Å². The maximum Gasteiger partial charge on any atom is 0.124 e. The fourth-order valence-corrected chi connectivity index (χ4v) is 2.95. The SMILES string of the molecule is CCCCCc1cc(O)cc(O)c1C1CCCCN1. The van der Waals surface area contributed by atoms with Crippen LogP contribution in [0.15, 0.2) is 12.1 Å². The van der Waals surface area contributed by atoms with Gasteiger partial charge >= 0.3 is 0 Å². The Morgan fingerprint density at radius 2 is 2.05 bits per heavy atom. The smallest absolute Gasteiger partial charge is 0.124 e. The van der Waals surface area contributed by atoms with E-state index in [2.05, 4.69) is 12.2 Å². The molecule has 3 nitrogen and oxygen atoms in total. The molecule has 1 fully saturated rings. The number of nitrogens with one attached hydrogen (secondary N) is 1. The van der Waals surface area contributed by atoms with Crippen molar-refractivity contribution in [2.45, 2.75) is 57.9 Å². The second kappa shape index (κ2) is 6.80. The lowest BCUT2D eigenvalue weighted by Gasteiger charge is -2.27. The van der Waals surface area contributed by atoms with Crippen LogP contribution >= 0.6 is 0 Å². The summed E-state index contributed by atoms with van der Waals surface area (Å²) in [5, 5.41) is 23.4. The van der Waals surface area contributed by atoms with Gasteiger partial charge in [-0.3, -0.25) is 0 Å². The van der Waals surface area contributed by atoms with Crippen LogP contribution in [0.1, 0.15) is 62.6 Å². The first-order valence-electron chi connectivity index (χ1n) is 7.50. The normalized spacial score (nSPS) is 19.5. The van der Waals surface area contributed by atoms with E-state index in [0.717, 1.165) is 36.9 Å². The largest absolute Gasteiger partial charge is 0.508 e. The second-order valence-corrected chi connectivity index (χ2v) is 5.50. The Morgan fingerprint density at radius 3 is 2.74 bits per heavy atom. The minimum absolute atomic E-state index is 0.170. The first kappa shape index (κ1) is 14.2. The van der Waals surface area contributed by atoms with Gasteiger partial charge in [-0.25, -0.2) is 0 Å². The molecule has 1 saturated heterocycles. The van der Waals surface area contributed by atoms with Gasteiger partial charge in [-0.1, -0.05) is 26.2 Å². The molecule has 3 heteroatoms. The summed E-state index contributed by atoms with van der Waals surface area (Å²) in [6, 6.07) is 3.53. The van der Waals surface area contributed by atoms with Crippen LogP contribution in [-0.4, -0.2) is 16.8 Å². The molecule has 1 aromatic rings. The highest BCUT2D eigenvalue weighted by Crippen LogP contribution is 2.36. The Morgan fingerprint density at radius 1 is 1.21 bits per heavy atom. The van der Waals surface area contributed by atoms with Crippen LogP contribution in [0.2, 0.25) is 0 Å². The summed E-state index contributed by atoms with van der Waals surface area (Å²) in [6.07, 6.45) is 7.89. The third kappa shape index (κ3) is 3.63. The van der Waals surface area contributed by atoms with Crippen molar-refractivity contribution >= 4 is 0 Å². The van der Waals surface area contributed by atoms with Crippen molar-refractivity contribution in [3.63, 3.8) is 0 Å². The highest BCUT2D eigenvalue weighted by Gasteiger charge is 2.21. The summed E-state index contributed by atoms with van der Waals surface area (Å²) in [7, 11) is 0. The van der Waals surface area contributed by atoms with E-state index in [9.17, 15) is 10.2 Å². The van der Waals surface area contributed by atoms with Gasteiger partial charge < -0.3 is 15.5 Å². The zero-order chi connectivity index (χ0) is 13.7. The molecule has 1 unspecified atom stereocenters. The summed E-state index contributed by atoms with van der Waals surface area (Å²) in [5.41, 5.74) is 2.11. The van der Waals surface area contributed by atoms with Crippen molar-refractivity contribution in [1.82, 2.24) is 5.32 Å². The van der Waals surface area contributed by atoms with E-state index >= 15 is 0 Å². The molecule has 1 heterocycles. The lowest BCUT2D eigenvalue weighted by atomic mass is 9.90. The van der Waals surface area contributed by atoms with E-state index in [1.807, 2.05) is 6.07 Å². The Kier molecular flexibility index (Phi) is 5.08. The molecular formula is C16H25NO2. The monoisotopic (exact) mass is 263 g/mol. The molecule has 1 aliphatic rings. The molecule has 0 radical (unpaired) electrons. The van der Waals surface area contributed by atoms with Gasteiger partial charge in [-0.2, -0.15) is 0 Å². The predicted octanol–water partition coefficient (Wildman–Crippen LogP) is 3.65. The van der Waals surface area contributed by atoms with Crippen LogP contribution in [0.25, 0.3) is 0 Å². The zero-order valence-electron chi connectivity index (χ0n) is 11.8. The minimum atomic E-state index is 0.170. The van der Waals surface area contributed by atoms with Crippen LogP contribution < -0.4 is 5.32 Å². The third-order valence-corrected chi connectivity index (χ3v) is 3.94. The average Bonchev–Trinajstić information content (AvgIpc) is 2.39. The summed E-state index contributed by atoms with van der Waals surface area (Å²) in [4.78, 5) is 0. The molecule has 0 bridgehead atoms. The third-order valence-electron chi connectivity index (χ3n) is 3.94. The topological polar surface area (TPSA) is 52.5 Å². The number of hydrogen-bond acceptors (Lipinski definition) is 3. The van der Waals surface area contributed by atoms with Crippen LogP contribution in [0.4, 0.5) is 0 Å². The molecule has 106 valence electrons. The van der Waals surface area contributed by atoms with Crippen molar-refractivity contribution < 1.29 is 10.2 Å². The maximum absolute atomic E-state index is 10.2. The molecule has 0 aliphatic carbocycles. The number of benzene rings is 1. The van der Waals surface area contributed by atoms with Gasteiger partial charge in [0.05, 0.1) is 0 Å². The van der Waals surface area contributed by atoms with Crippen LogP contribution in [0.3, 0.4) is 0 Å². The number of piperidine rings is 1. The summed E-state index contributed by atoms with van der Waals surface area (Å²) >= 11 is 0. The van der Waals surface area contributed by atoms with Crippen LogP contribution in [0, 0.1) is 0 Å². The first-order valence-corrected chi connectivity index (χ1v) is 7.50. The van der Waals surface area contributed by atoms with Gasteiger partial charge in [0.15, 0.2) is 0 Å². The van der Waals surface area contributed by atoms with Crippen molar-refractivity contribution in [3.8, 4) is 11.5 Å². The second-order valence-electron chi connectivity index (χ2n) is 5.50. The molecule has 1 aromatic carbocycles. The highest BCUT2D eigenvalue weighted by molar-refractivity contribution is 5.47. The van der Waals surface area contributed by atoms with Crippen molar-refractivity contribution in [3.05, 3.63) is 23.3 Å². The Hall–Kier alpha value is -1.22. The molecule has 3 N–H and O–H groups in total. The van der Waals surface area contributed by atoms with E-state index in [-0.39, 0.29) is 17.5 Å². The van der Waals surface area contributed by atoms with Crippen molar-refractivity contribution in [2.75, 3.05) is 6.54 Å². The quantitative estimate of drug-likeness (QED) is 0.711. The minimum Gasteiger partial charge on any atom is -0.508 e. The summed E-state index contributed by atoms with van der Waals surface area (Å²) in [5.74, 6) is 0.412. The number of unbranched alkanes of at least 4 members (excludes halogenated alkanes) is 2. The number of aryl methyl sites for hydroxylation is 1. The van der Waals surface area contributed by atoms with Gasteiger partial charge in [0.2, 0.25) is 0 Å². The summed E-state index contributed by atoms with van der Waals surface area (Å²) in [6.45, 7) is 3.20. The zero-order valence-corrected chi connectivity index (χ0v) is 11.8. The fraction of sp³-hybridized carbons (Fsp3) is 0.625. The van der Waals surface area contributed by atoms with E-state index in [1.165, 1.54) is 31.7 Å². The molecule has 19 heavy (non-hydrogen) atoms. The van der Waals surface area contributed by atoms with E-state index in [4.69, 9.17) is 0 Å². The molecule has 2 rings (SSSR count). The number of phenols is 2. The Labute approximate surface area is 115 Å². The molecule has 1 aliphatic heterocycles. The fourth-order valence-electron chi connectivity index (χ4n) is 2.95. The first-order chi connectivity index (χ1) is 9.22. The van der Waals surface area contributed by atoms with Crippen LogP contribution in [-0.2, 0) is 6.42 Å². The van der Waals surface area contributed by atoms with Gasteiger partial charge in [-0.15, -0.1) is 0 Å². The van der Waals surface area contributed by atoms with Gasteiger partial charge in [0.1, 0.15) is 11.5 Å². The number of rotatable bonds is 5. The maximum atomic E-state index is 10.2. The van der Waals surface area contributed by atoms with Crippen molar-refractivity contribution in [1.29, 1.82) is 0 Å². The number of hydrogen-bond donors (Lipinski definition) is 3. The average molecular weight is 263 g/mol. The predicted molar refractivity (Wildman–Crippen MR) is 77.6 cm³/mol. The van der Waals surface area contributed by atoms with Gasteiger partial charge in [-0.05, 0) is 43.9 Å².